The van der Waals surface area contributed by atoms with Gasteiger partial charge in [-0.25, -0.2) is 0 Å². The van der Waals surface area contributed by atoms with Crippen molar-refractivity contribution >= 4 is 11.9 Å². The van der Waals surface area contributed by atoms with Crippen molar-refractivity contribution < 1.29 is 49.3 Å². The van der Waals surface area contributed by atoms with Crippen LogP contribution in [0.4, 0.5) is 0 Å². The van der Waals surface area contributed by atoms with Gasteiger partial charge >= 0.3 is 5.97 Å². The van der Waals surface area contributed by atoms with Crippen LogP contribution in [-0.2, 0) is 23.8 Å². The van der Waals surface area contributed by atoms with Gasteiger partial charge in [-0.05, 0) is 64.2 Å². The third-order valence-electron chi connectivity index (χ3n) is 18.5. The Bertz CT molecular complexity index is 1570. The summed E-state index contributed by atoms with van der Waals surface area (Å²) in [6.45, 7) is 4.33. The minimum absolute atomic E-state index is 0.00856. The maximum absolute atomic E-state index is 13.0. The second kappa shape index (κ2) is 67.3. The Morgan fingerprint density at radius 1 is 0.416 bits per heavy atom. The van der Waals surface area contributed by atoms with Gasteiger partial charge in [0.1, 0.15) is 24.4 Å². The highest BCUT2D eigenvalue weighted by atomic mass is 16.7. The van der Waals surface area contributed by atoms with Crippen LogP contribution >= 0.6 is 0 Å². The van der Waals surface area contributed by atoms with Crippen molar-refractivity contribution in [3.8, 4) is 0 Å². The molecule has 0 aromatic rings. The summed E-state index contributed by atoms with van der Waals surface area (Å²) in [5.74, 6) is -0.168. The molecule has 7 atom stereocenters. The largest absolute Gasteiger partial charge is 0.466 e. The molecule has 0 aliphatic carbocycles. The zero-order valence-electron chi connectivity index (χ0n) is 58.4. The number of esters is 1. The number of carbonyl (C=O) groups excluding carboxylic acids is 2. The first-order valence-corrected chi connectivity index (χ1v) is 38.8. The maximum Gasteiger partial charge on any atom is 0.305 e. The van der Waals surface area contributed by atoms with Gasteiger partial charge in [-0.1, -0.05) is 346 Å². The first kappa shape index (κ1) is 84.9. The number of ether oxygens (including phenoxy) is 3. The van der Waals surface area contributed by atoms with E-state index >= 15 is 0 Å². The minimum Gasteiger partial charge on any atom is -0.466 e. The van der Waals surface area contributed by atoms with Crippen LogP contribution in [0.15, 0.2) is 36.5 Å². The number of rotatable bonds is 69. The zero-order chi connectivity index (χ0) is 64.4. The number of aliphatic hydroxyl groups is 5. The number of nitrogens with one attached hydrogen (secondary N) is 1. The van der Waals surface area contributed by atoms with Crippen LogP contribution in [-0.4, -0.2) is 100 Å². The van der Waals surface area contributed by atoms with Crippen LogP contribution in [0, 0.1) is 0 Å². The van der Waals surface area contributed by atoms with Crippen LogP contribution in [0.5, 0.6) is 0 Å². The molecule has 524 valence electrons. The lowest BCUT2D eigenvalue weighted by molar-refractivity contribution is -0.302. The number of hydrogen-bond donors (Lipinski definition) is 6. The van der Waals surface area contributed by atoms with Gasteiger partial charge in [0, 0.05) is 12.8 Å². The standard InChI is InChI=1S/C78H147NO10/c1-3-5-7-9-11-13-14-15-16-36-40-43-46-50-54-58-62-66-74(83)87-67-63-59-55-51-47-44-41-38-35-33-31-29-27-25-23-21-19-17-18-20-22-24-26-28-30-32-34-37-39-42-45-49-53-57-61-65-73(82)79-70(71(81)64-60-56-52-48-12-10-8-6-4-2)69-88-78-77(86)76(85)75(84)72(68-80)89-78/h11,13,15-16,60,64,70-72,75-78,80-81,84-86H,3-10,12,14,17-59,61-63,65-69H2,1-2H3,(H,79,82)/b13-11-,16-15-,64-60+. The van der Waals surface area contributed by atoms with Crippen molar-refractivity contribution in [2.75, 3.05) is 19.8 Å². The summed E-state index contributed by atoms with van der Waals surface area (Å²) in [4.78, 5) is 25.1. The smallest absolute Gasteiger partial charge is 0.305 e. The Kier molecular flexibility index (Phi) is 64.2. The van der Waals surface area contributed by atoms with E-state index in [1.165, 1.54) is 295 Å². The second-order valence-electron chi connectivity index (χ2n) is 27.1. The molecule has 7 unspecified atom stereocenters. The fraction of sp³-hybridized carbons (Fsp3) is 0.897. The molecule has 89 heavy (non-hydrogen) atoms. The van der Waals surface area contributed by atoms with E-state index in [1.54, 1.807) is 6.08 Å². The normalized spacial score (nSPS) is 17.9. The molecular weight excluding hydrogens is 1110 g/mol. The summed E-state index contributed by atoms with van der Waals surface area (Å²) in [6, 6.07) is -0.804. The van der Waals surface area contributed by atoms with Gasteiger partial charge < -0.3 is 45.1 Å². The average molecular weight is 1260 g/mol. The van der Waals surface area contributed by atoms with E-state index in [9.17, 15) is 35.1 Å². The topological polar surface area (TPSA) is 175 Å². The Morgan fingerprint density at radius 3 is 1.16 bits per heavy atom. The molecular formula is C78H147NO10. The molecule has 1 aliphatic heterocycles. The number of unbranched alkanes of at least 4 members (excludes halogenated alkanes) is 51. The quantitative estimate of drug-likeness (QED) is 0.0195. The van der Waals surface area contributed by atoms with E-state index in [0.29, 0.717) is 19.4 Å². The molecule has 0 saturated carbocycles. The first-order chi connectivity index (χ1) is 43.7. The van der Waals surface area contributed by atoms with Gasteiger partial charge in [0.2, 0.25) is 5.91 Å². The predicted octanol–water partition coefficient (Wildman–Crippen LogP) is 20.5. The number of amides is 1. The Labute approximate surface area is 549 Å². The SMILES string of the molecule is CCCCC/C=C\C/C=C\CCCCCCCCCC(=O)OCCCCCCCCCCCCCCCCCCCCCCCCCCCCCCCCCCCCCC(=O)NC(COC1OC(CO)C(O)C(O)C1O)C(O)/C=C/CCCCCCCCC. The number of aliphatic hydroxyl groups excluding tert-OH is 5. The molecule has 6 N–H and O–H groups in total. The molecule has 0 spiro atoms. The zero-order valence-corrected chi connectivity index (χ0v) is 58.4. The number of allylic oxidation sites excluding steroid dienone is 5. The lowest BCUT2D eigenvalue weighted by Crippen LogP contribution is -2.60. The third-order valence-corrected chi connectivity index (χ3v) is 18.5. The van der Waals surface area contributed by atoms with Crippen molar-refractivity contribution in [2.24, 2.45) is 0 Å². The number of carbonyl (C=O) groups is 2. The van der Waals surface area contributed by atoms with Crippen LogP contribution in [0.3, 0.4) is 0 Å². The Morgan fingerprint density at radius 2 is 0.753 bits per heavy atom. The molecule has 1 fully saturated rings. The van der Waals surface area contributed by atoms with Crippen molar-refractivity contribution in [3.05, 3.63) is 36.5 Å². The second-order valence-corrected chi connectivity index (χ2v) is 27.1. The van der Waals surface area contributed by atoms with Crippen molar-refractivity contribution in [1.29, 1.82) is 0 Å². The molecule has 1 aliphatic rings. The van der Waals surface area contributed by atoms with Crippen LogP contribution < -0.4 is 5.32 Å². The monoisotopic (exact) mass is 1260 g/mol. The average Bonchev–Trinajstić information content (AvgIpc) is 1.92. The molecule has 0 radical (unpaired) electrons. The van der Waals surface area contributed by atoms with E-state index in [0.717, 1.165) is 64.2 Å². The van der Waals surface area contributed by atoms with Gasteiger partial charge in [0.15, 0.2) is 6.29 Å². The van der Waals surface area contributed by atoms with Gasteiger partial charge in [-0.15, -0.1) is 0 Å². The number of hydrogen-bond acceptors (Lipinski definition) is 10. The van der Waals surface area contributed by atoms with Crippen molar-refractivity contribution in [1.82, 2.24) is 5.32 Å². The molecule has 1 heterocycles. The summed E-state index contributed by atoms with van der Waals surface area (Å²) in [5, 5.41) is 54.3. The highest BCUT2D eigenvalue weighted by molar-refractivity contribution is 5.76. The van der Waals surface area contributed by atoms with E-state index in [2.05, 4.69) is 43.5 Å². The fourth-order valence-corrected chi connectivity index (χ4v) is 12.4. The van der Waals surface area contributed by atoms with Gasteiger partial charge in [-0.3, -0.25) is 9.59 Å². The summed E-state index contributed by atoms with van der Waals surface area (Å²) >= 11 is 0. The van der Waals surface area contributed by atoms with Gasteiger partial charge in [0.05, 0.1) is 32.0 Å². The Balaban J connectivity index is 1.85. The van der Waals surface area contributed by atoms with Crippen molar-refractivity contribution in [2.45, 2.75) is 429 Å². The lowest BCUT2D eigenvalue weighted by Gasteiger charge is -2.40. The predicted molar refractivity (Wildman–Crippen MR) is 375 cm³/mol. The molecule has 11 nitrogen and oxygen atoms in total. The molecule has 0 aromatic heterocycles. The fourth-order valence-electron chi connectivity index (χ4n) is 12.4. The molecule has 0 aromatic carbocycles. The molecule has 1 saturated heterocycles. The van der Waals surface area contributed by atoms with Crippen LogP contribution in [0.25, 0.3) is 0 Å². The molecule has 1 rings (SSSR count). The summed E-state index contributed by atoms with van der Waals surface area (Å²) < 4.78 is 16.7. The van der Waals surface area contributed by atoms with E-state index < -0.39 is 49.5 Å². The Hall–Kier alpha value is -2.12. The third kappa shape index (κ3) is 56.0. The van der Waals surface area contributed by atoms with Gasteiger partial charge in [-0.2, -0.15) is 0 Å². The summed E-state index contributed by atoms with van der Waals surface area (Å²) in [6.07, 6.45) is 77.6. The highest BCUT2D eigenvalue weighted by Crippen LogP contribution is 2.24. The molecule has 0 bridgehead atoms. The lowest BCUT2D eigenvalue weighted by atomic mass is 9.99. The van der Waals surface area contributed by atoms with Crippen molar-refractivity contribution in [3.63, 3.8) is 0 Å². The highest BCUT2D eigenvalue weighted by Gasteiger charge is 2.44. The van der Waals surface area contributed by atoms with E-state index in [4.69, 9.17) is 14.2 Å². The van der Waals surface area contributed by atoms with Crippen LogP contribution in [0.2, 0.25) is 0 Å². The van der Waals surface area contributed by atoms with E-state index in [-0.39, 0.29) is 18.5 Å². The van der Waals surface area contributed by atoms with E-state index in [1.807, 2.05) is 6.08 Å². The minimum atomic E-state index is -1.57. The summed E-state index contributed by atoms with van der Waals surface area (Å²) in [5.41, 5.74) is 0. The maximum atomic E-state index is 13.0. The molecule has 1 amide bonds. The van der Waals surface area contributed by atoms with Crippen LogP contribution in [0.1, 0.15) is 386 Å². The van der Waals surface area contributed by atoms with Gasteiger partial charge in [0.25, 0.3) is 0 Å². The molecule has 11 heteroatoms. The summed E-state index contributed by atoms with van der Waals surface area (Å²) in [7, 11) is 0. The first-order valence-electron chi connectivity index (χ1n) is 38.8.